The van der Waals surface area contributed by atoms with Crippen LogP contribution in [-0.4, -0.2) is 14.9 Å². The molecule has 108 valence electrons. The summed E-state index contributed by atoms with van der Waals surface area (Å²) in [6.07, 6.45) is 3.03. The molecule has 0 saturated carbocycles. The molecular weight excluding hydrogens is 281 g/mol. The lowest BCUT2D eigenvalue weighted by Gasteiger charge is -2.24. The standard InChI is InChI=1S/C16H12FN5/c17-15-5-1-14(2-6-15)10-21(22-12-19-11-20-22)16-7-3-13(9-18)4-8-16/h1-8,11-12H,10H2. The normalized spacial score (nSPS) is 10.2. The minimum absolute atomic E-state index is 0.269. The first-order chi connectivity index (χ1) is 10.8. The zero-order valence-corrected chi connectivity index (χ0v) is 11.6. The highest BCUT2D eigenvalue weighted by molar-refractivity contribution is 5.49. The van der Waals surface area contributed by atoms with Crippen LogP contribution >= 0.6 is 0 Å². The Hall–Kier alpha value is -3.20. The van der Waals surface area contributed by atoms with Gasteiger partial charge in [-0.15, -0.1) is 5.10 Å². The maximum atomic E-state index is 13.0. The molecule has 0 radical (unpaired) electrons. The lowest BCUT2D eigenvalue weighted by atomic mass is 10.2. The largest absolute Gasteiger partial charge is 0.260 e. The van der Waals surface area contributed by atoms with Gasteiger partial charge in [-0.05, 0) is 42.0 Å². The highest BCUT2D eigenvalue weighted by Gasteiger charge is 2.10. The van der Waals surface area contributed by atoms with E-state index in [2.05, 4.69) is 16.2 Å². The average molecular weight is 293 g/mol. The van der Waals surface area contributed by atoms with Gasteiger partial charge >= 0.3 is 0 Å². The molecule has 0 spiro atoms. The Bertz CT molecular complexity index is 773. The number of hydrogen-bond acceptors (Lipinski definition) is 4. The summed E-state index contributed by atoms with van der Waals surface area (Å²) in [6.45, 7) is 0.496. The summed E-state index contributed by atoms with van der Waals surface area (Å²) >= 11 is 0. The highest BCUT2D eigenvalue weighted by Crippen LogP contribution is 2.18. The topological polar surface area (TPSA) is 57.7 Å². The molecule has 0 aliphatic rings. The summed E-state index contributed by atoms with van der Waals surface area (Å²) in [5, 5.41) is 14.9. The van der Waals surface area contributed by atoms with E-state index < -0.39 is 0 Å². The van der Waals surface area contributed by atoms with Crippen LogP contribution in [0.4, 0.5) is 10.1 Å². The third-order valence-corrected chi connectivity index (χ3v) is 3.19. The van der Waals surface area contributed by atoms with Crippen LogP contribution in [-0.2, 0) is 6.54 Å². The number of rotatable bonds is 4. The summed E-state index contributed by atoms with van der Waals surface area (Å²) in [6, 6.07) is 15.5. The molecule has 3 rings (SSSR count). The number of halogens is 1. The van der Waals surface area contributed by atoms with Gasteiger partial charge in [-0.3, -0.25) is 5.01 Å². The maximum absolute atomic E-state index is 13.0. The molecule has 22 heavy (non-hydrogen) atoms. The van der Waals surface area contributed by atoms with Crippen LogP contribution in [0, 0.1) is 17.1 Å². The molecule has 0 aliphatic heterocycles. The zero-order chi connectivity index (χ0) is 15.4. The van der Waals surface area contributed by atoms with E-state index in [4.69, 9.17) is 5.26 Å². The fourth-order valence-corrected chi connectivity index (χ4v) is 2.08. The molecule has 2 aromatic carbocycles. The number of hydrogen-bond donors (Lipinski definition) is 0. The van der Waals surface area contributed by atoms with Gasteiger partial charge in [0.05, 0.1) is 23.9 Å². The van der Waals surface area contributed by atoms with Gasteiger partial charge in [0.2, 0.25) is 0 Å². The number of nitriles is 1. The van der Waals surface area contributed by atoms with E-state index in [0.29, 0.717) is 12.1 Å². The Morgan fingerprint density at radius 3 is 2.41 bits per heavy atom. The lowest BCUT2D eigenvalue weighted by Crippen LogP contribution is -2.29. The molecule has 0 saturated heterocycles. The van der Waals surface area contributed by atoms with Crippen molar-refractivity contribution < 1.29 is 4.39 Å². The summed E-state index contributed by atoms with van der Waals surface area (Å²) in [5.74, 6) is -0.269. The van der Waals surface area contributed by atoms with Crippen molar-refractivity contribution in [1.29, 1.82) is 5.26 Å². The van der Waals surface area contributed by atoms with E-state index in [1.165, 1.54) is 18.5 Å². The Balaban J connectivity index is 1.93. The molecular formula is C16H12FN5. The van der Waals surface area contributed by atoms with Crippen LogP contribution in [0.2, 0.25) is 0 Å². The number of aromatic nitrogens is 3. The third-order valence-electron chi connectivity index (χ3n) is 3.19. The predicted molar refractivity (Wildman–Crippen MR) is 79.2 cm³/mol. The molecule has 0 N–H and O–H groups in total. The Kier molecular flexibility index (Phi) is 3.79. The van der Waals surface area contributed by atoms with Crippen molar-refractivity contribution in [3.8, 4) is 6.07 Å². The molecule has 3 aromatic rings. The zero-order valence-electron chi connectivity index (χ0n) is 11.6. The van der Waals surface area contributed by atoms with Crippen LogP contribution in [0.15, 0.2) is 61.2 Å². The second-order valence-corrected chi connectivity index (χ2v) is 4.66. The minimum Gasteiger partial charge on any atom is -0.260 e. The molecule has 0 aliphatic carbocycles. The molecule has 5 nitrogen and oxygen atoms in total. The summed E-state index contributed by atoms with van der Waals surface area (Å²) in [7, 11) is 0. The van der Waals surface area contributed by atoms with Crippen molar-refractivity contribution >= 4 is 5.69 Å². The average Bonchev–Trinajstić information content (AvgIpc) is 3.09. The van der Waals surface area contributed by atoms with Crippen LogP contribution in [0.25, 0.3) is 0 Å². The Morgan fingerprint density at radius 2 is 1.82 bits per heavy atom. The second kappa shape index (κ2) is 6.06. The van der Waals surface area contributed by atoms with Crippen molar-refractivity contribution in [3.63, 3.8) is 0 Å². The molecule has 0 bridgehead atoms. The third kappa shape index (κ3) is 2.94. The van der Waals surface area contributed by atoms with E-state index in [-0.39, 0.29) is 5.82 Å². The second-order valence-electron chi connectivity index (χ2n) is 4.66. The predicted octanol–water partition coefficient (Wildman–Crippen LogP) is 2.76. The van der Waals surface area contributed by atoms with Crippen LogP contribution in [0.5, 0.6) is 0 Å². The fourth-order valence-electron chi connectivity index (χ4n) is 2.08. The minimum atomic E-state index is -0.269. The number of benzene rings is 2. The van der Waals surface area contributed by atoms with E-state index in [9.17, 15) is 4.39 Å². The van der Waals surface area contributed by atoms with Gasteiger partial charge in [-0.2, -0.15) is 10.1 Å². The van der Waals surface area contributed by atoms with Crippen molar-refractivity contribution in [2.45, 2.75) is 6.54 Å². The molecule has 1 heterocycles. The molecule has 6 heteroatoms. The maximum Gasteiger partial charge on any atom is 0.139 e. The van der Waals surface area contributed by atoms with Gasteiger partial charge in [0, 0.05) is 0 Å². The first kappa shape index (κ1) is 13.8. The van der Waals surface area contributed by atoms with Crippen molar-refractivity contribution in [3.05, 3.63) is 78.1 Å². The summed E-state index contributed by atoms with van der Waals surface area (Å²) < 4.78 is 13.0. The first-order valence-corrected chi connectivity index (χ1v) is 6.63. The SMILES string of the molecule is N#Cc1ccc(N(Cc2ccc(F)cc2)n2cncn2)cc1. The fraction of sp³-hybridized carbons (Fsp3) is 0.0625. The van der Waals surface area contributed by atoms with Gasteiger partial charge in [-0.25, -0.2) is 9.37 Å². The van der Waals surface area contributed by atoms with Crippen molar-refractivity contribution in [1.82, 2.24) is 14.9 Å². The van der Waals surface area contributed by atoms with Crippen LogP contribution < -0.4 is 5.01 Å². The molecule has 0 unspecified atom stereocenters. The van der Waals surface area contributed by atoms with Gasteiger partial charge in [0.25, 0.3) is 0 Å². The Labute approximate surface area is 126 Å². The quantitative estimate of drug-likeness (QED) is 0.742. The van der Waals surface area contributed by atoms with Gasteiger partial charge in [0.1, 0.15) is 18.5 Å². The lowest BCUT2D eigenvalue weighted by molar-refractivity contribution is 0.605. The Morgan fingerprint density at radius 1 is 1.09 bits per heavy atom. The van der Waals surface area contributed by atoms with E-state index in [1.54, 1.807) is 35.4 Å². The smallest absolute Gasteiger partial charge is 0.139 e. The molecule has 0 atom stereocenters. The molecule has 0 fully saturated rings. The van der Waals surface area contributed by atoms with E-state index >= 15 is 0 Å². The van der Waals surface area contributed by atoms with Crippen LogP contribution in [0.1, 0.15) is 11.1 Å². The van der Waals surface area contributed by atoms with Gasteiger partial charge < -0.3 is 0 Å². The van der Waals surface area contributed by atoms with Crippen molar-refractivity contribution in [2.24, 2.45) is 0 Å². The highest BCUT2D eigenvalue weighted by atomic mass is 19.1. The molecule has 1 aromatic heterocycles. The number of nitrogens with zero attached hydrogens (tertiary/aromatic N) is 5. The van der Waals surface area contributed by atoms with Gasteiger partial charge in [-0.1, -0.05) is 12.1 Å². The van der Waals surface area contributed by atoms with Crippen LogP contribution in [0.3, 0.4) is 0 Å². The number of anilines is 1. The van der Waals surface area contributed by atoms with Crippen molar-refractivity contribution in [2.75, 3.05) is 5.01 Å². The summed E-state index contributed by atoms with van der Waals surface area (Å²) in [4.78, 5) is 5.56. The van der Waals surface area contributed by atoms with Gasteiger partial charge in [0.15, 0.2) is 0 Å². The van der Waals surface area contributed by atoms with E-state index in [1.807, 2.05) is 17.1 Å². The monoisotopic (exact) mass is 293 g/mol. The first-order valence-electron chi connectivity index (χ1n) is 6.63. The molecule has 0 amide bonds. The summed E-state index contributed by atoms with van der Waals surface area (Å²) in [5.41, 5.74) is 2.37. The van der Waals surface area contributed by atoms with E-state index in [0.717, 1.165) is 11.3 Å².